The molecule has 0 aliphatic rings. The van der Waals surface area contributed by atoms with Crippen molar-refractivity contribution in [1.29, 1.82) is 0 Å². The second-order valence-corrected chi connectivity index (χ2v) is 5.60. The molecule has 0 aliphatic carbocycles. The third kappa shape index (κ3) is 5.61. The fourth-order valence-electron chi connectivity index (χ4n) is 1.36. The average molecular weight is 297 g/mol. The van der Waals surface area contributed by atoms with Gasteiger partial charge in [-0.3, -0.25) is 4.79 Å². The maximum Gasteiger partial charge on any atom is 0.341 e. The number of pyridine rings is 1. The first-order valence-electron chi connectivity index (χ1n) is 6.38. The fourth-order valence-corrected chi connectivity index (χ4v) is 2.13. The van der Waals surface area contributed by atoms with Crippen LogP contribution in [0.15, 0.2) is 23.4 Å². The number of carbonyl (C=O) groups excluding carboxylic acids is 2. The minimum Gasteiger partial charge on any atom is -0.462 e. The van der Waals surface area contributed by atoms with Crippen LogP contribution in [0, 0.1) is 0 Å². The maximum atomic E-state index is 11.9. The van der Waals surface area contributed by atoms with E-state index in [1.807, 2.05) is 0 Å². The summed E-state index contributed by atoms with van der Waals surface area (Å²) in [4.78, 5) is 27.5. The van der Waals surface area contributed by atoms with Crippen LogP contribution in [0.25, 0.3) is 0 Å². The van der Waals surface area contributed by atoms with Crippen molar-refractivity contribution in [3.05, 3.63) is 23.9 Å². The summed E-state index contributed by atoms with van der Waals surface area (Å²) in [5.41, 5.74) is 0.364. The molecule has 0 radical (unpaired) electrons. The van der Waals surface area contributed by atoms with Gasteiger partial charge in [-0.25, -0.2) is 9.78 Å². The van der Waals surface area contributed by atoms with Crippen LogP contribution in [0.2, 0.25) is 0 Å². The first-order chi connectivity index (χ1) is 9.40. The summed E-state index contributed by atoms with van der Waals surface area (Å²) in [5, 5.41) is 0.471. The van der Waals surface area contributed by atoms with Crippen molar-refractivity contribution in [3.8, 4) is 0 Å². The van der Waals surface area contributed by atoms with Crippen LogP contribution < -0.4 is 0 Å². The number of thioether (sulfide) groups is 1. The highest BCUT2D eigenvalue weighted by molar-refractivity contribution is 8.00. The summed E-state index contributed by atoms with van der Waals surface area (Å²) in [6.07, 6.45) is 1.21. The first kappa shape index (κ1) is 16.5. The van der Waals surface area contributed by atoms with Gasteiger partial charge in [0.15, 0.2) is 0 Å². The highest BCUT2D eigenvalue weighted by atomic mass is 32.2. The molecule has 0 bridgehead atoms. The summed E-state index contributed by atoms with van der Waals surface area (Å²) in [6.45, 7) is 7.13. The third-order valence-electron chi connectivity index (χ3n) is 2.03. The molecular formula is C14H19NO4S. The number of esters is 2. The van der Waals surface area contributed by atoms with E-state index in [2.05, 4.69) is 4.98 Å². The molecule has 0 atom stereocenters. The largest absolute Gasteiger partial charge is 0.462 e. The summed E-state index contributed by atoms with van der Waals surface area (Å²) in [7, 11) is 0. The molecule has 5 nitrogen and oxygen atoms in total. The van der Waals surface area contributed by atoms with Gasteiger partial charge in [0.25, 0.3) is 0 Å². The predicted molar refractivity (Wildman–Crippen MR) is 76.7 cm³/mol. The van der Waals surface area contributed by atoms with Crippen LogP contribution in [0.3, 0.4) is 0 Å². The van der Waals surface area contributed by atoms with Crippen LogP contribution in [0.4, 0.5) is 0 Å². The highest BCUT2D eigenvalue weighted by Crippen LogP contribution is 2.21. The van der Waals surface area contributed by atoms with Crippen molar-refractivity contribution in [2.75, 3.05) is 5.75 Å². The Morgan fingerprint density at radius 2 is 1.85 bits per heavy atom. The van der Waals surface area contributed by atoms with E-state index < -0.39 is 5.97 Å². The van der Waals surface area contributed by atoms with Crippen molar-refractivity contribution >= 4 is 23.7 Å². The number of hydrogen-bond donors (Lipinski definition) is 0. The van der Waals surface area contributed by atoms with E-state index in [4.69, 9.17) is 9.47 Å². The quantitative estimate of drug-likeness (QED) is 0.594. The molecule has 0 aromatic carbocycles. The summed E-state index contributed by atoms with van der Waals surface area (Å²) < 4.78 is 10.2. The van der Waals surface area contributed by atoms with Gasteiger partial charge < -0.3 is 9.47 Å². The normalized spacial score (nSPS) is 10.7. The van der Waals surface area contributed by atoms with Crippen molar-refractivity contribution in [2.24, 2.45) is 0 Å². The number of aromatic nitrogens is 1. The van der Waals surface area contributed by atoms with Crippen LogP contribution in [-0.4, -0.2) is 34.9 Å². The zero-order valence-electron chi connectivity index (χ0n) is 12.1. The number of hydrogen-bond acceptors (Lipinski definition) is 6. The molecule has 0 fully saturated rings. The van der Waals surface area contributed by atoms with Crippen molar-refractivity contribution in [3.63, 3.8) is 0 Å². The Labute approximate surface area is 123 Å². The average Bonchev–Trinajstić information content (AvgIpc) is 2.35. The SMILES string of the molecule is CC(C)OC(=O)CSc1ncccc1C(=O)OC(C)C. The van der Waals surface area contributed by atoms with Gasteiger partial charge in [-0.2, -0.15) is 0 Å². The maximum absolute atomic E-state index is 11.9. The lowest BCUT2D eigenvalue weighted by atomic mass is 10.3. The Morgan fingerprint density at radius 1 is 1.20 bits per heavy atom. The zero-order valence-corrected chi connectivity index (χ0v) is 12.9. The van der Waals surface area contributed by atoms with Crippen molar-refractivity contribution in [1.82, 2.24) is 4.98 Å². The molecule has 1 aromatic heterocycles. The fraction of sp³-hybridized carbons (Fsp3) is 0.500. The minimum atomic E-state index is -0.437. The molecule has 1 heterocycles. The molecule has 0 unspecified atom stereocenters. The topological polar surface area (TPSA) is 65.5 Å². The highest BCUT2D eigenvalue weighted by Gasteiger charge is 2.17. The lowest BCUT2D eigenvalue weighted by Crippen LogP contribution is -2.15. The molecule has 0 aliphatic heterocycles. The van der Waals surface area contributed by atoms with Crippen molar-refractivity contribution < 1.29 is 19.1 Å². The Bertz CT molecular complexity index is 474. The van der Waals surface area contributed by atoms with E-state index >= 15 is 0 Å². The van der Waals surface area contributed by atoms with Crippen LogP contribution >= 0.6 is 11.8 Å². The summed E-state index contributed by atoms with van der Waals surface area (Å²) in [6, 6.07) is 3.29. The van der Waals surface area contributed by atoms with Gasteiger partial charge in [0, 0.05) is 6.20 Å². The van der Waals surface area contributed by atoms with Gasteiger partial charge in [-0.05, 0) is 39.8 Å². The van der Waals surface area contributed by atoms with Gasteiger partial charge in [-0.1, -0.05) is 11.8 Å². The number of nitrogens with zero attached hydrogens (tertiary/aromatic N) is 1. The Hall–Kier alpha value is -1.56. The predicted octanol–water partition coefficient (Wildman–Crippen LogP) is 2.69. The second kappa shape index (κ2) is 7.89. The van der Waals surface area contributed by atoms with E-state index in [1.165, 1.54) is 11.8 Å². The Balaban J connectivity index is 2.71. The van der Waals surface area contributed by atoms with Crippen molar-refractivity contribution in [2.45, 2.75) is 44.9 Å². The smallest absolute Gasteiger partial charge is 0.341 e. The minimum absolute atomic E-state index is 0.108. The molecule has 0 spiro atoms. The standard InChI is InChI=1S/C14H19NO4S/c1-9(2)18-12(16)8-20-13-11(6-5-7-15-13)14(17)19-10(3)4/h5-7,9-10H,8H2,1-4H3. The van der Waals surface area contributed by atoms with Gasteiger partial charge in [0.1, 0.15) is 5.03 Å². The van der Waals surface area contributed by atoms with E-state index in [0.29, 0.717) is 10.6 Å². The molecule has 6 heteroatoms. The molecule has 0 N–H and O–H groups in total. The molecule has 20 heavy (non-hydrogen) atoms. The van der Waals surface area contributed by atoms with Gasteiger partial charge in [-0.15, -0.1) is 0 Å². The number of carbonyl (C=O) groups is 2. The van der Waals surface area contributed by atoms with Crippen LogP contribution in [0.1, 0.15) is 38.1 Å². The molecule has 0 saturated carbocycles. The molecule has 0 amide bonds. The lowest BCUT2D eigenvalue weighted by molar-refractivity contribution is -0.144. The lowest BCUT2D eigenvalue weighted by Gasteiger charge is -2.11. The molecule has 110 valence electrons. The first-order valence-corrected chi connectivity index (χ1v) is 7.37. The molecule has 1 rings (SSSR count). The third-order valence-corrected chi connectivity index (χ3v) is 3.01. The number of rotatable bonds is 6. The number of ether oxygens (including phenoxy) is 2. The summed E-state index contributed by atoms with van der Waals surface area (Å²) in [5.74, 6) is -0.663. The zero-order chi connectivity index (χ0) is 15.1. The van der Waals surface area contributed by atoms with E-state index in [1.54, 1.807) is 46.0 Å². The Morgan fingerprint density at radius 3 is 2.45 bits per heavy atom. The second-order valence-electron chi connectivity index (χ2n) is 4.64. The van der Waals surface area contributed by atoms with Gasteiger partial charge in [0.2, 0.25) is 0 Å². The van der Waals surface area contributed by atoms with Gasteiger partial charge in [0.05, 0.1) is 23.5 Å². The van der Waals surface area contributed by atoms with Gasteiger partial charge >= 0.3 is 11.9 Å². The van der Waals surface area contributed by atoms with E-state index in [0.717, 1.165) is 0 Å². The Kier molecular flexibility index (Phi) is 6.51. The summed E-state index contributed by atoms with van der Waals surface area (Å²) >= 11 is 1.17. The monoisotopic (exact) mass is 297 g/mol. The molecular weight excluding hydrogens is 278 g/mol. The van der Waals surface area contributed by atoms with Crippen LogP contribution in [0.5, 0.6) is 0 Å². The van der Waals surface area contributed by atoms with E-state index in [-0.39, 0.29) is 23.9 Å². The molecule has 0 saturated heterocycles. The van der Waals surface area contributed by atoms with E-state index in [9.17, 15) is 9.59 Å². The molecule has 1 aromatic rings. The van der Waals surface area contributed by atoms with Crippen LogP contribution in [-0.2, 0) is 14.3 Å².